The Morgan fingerprint density at radius 1 is 0.872 bits per heavy atom. The van der Waals surface area contributed by atoms with E-state index >= 15 is 0 Å². The van der Waals surface area contributed by atoms with Crippen LogP contribution in [0.15, 0.2) is 65.8 Å². The molecule has 2 atom stereocenters. The first-order valence-electron chi connectivity index (χ1n) is 13.3. The zero-order valence-electron chi connectivity index (χ0n) is 24.8. The third kappa shape index (κ3) is 8.75. The van der Waals surface area contributed by atoms with Crippen LogP contribution < -0.4 is 10.4 Å². The summed E-state index contributed by atoms with van der Waals surface area (Å²) in [4.78, 5) is 2.92. The molecule has 11 heteroatoms. The predicted molar refractivity (Wildman–Crippen MR) is 164 cm³/mol. The van der Waals surface area contributed by atoms with Gasteiger partial charge in [0, 0.05) is 11.5 Å². The molecule has 0 amide bonds. The van der Waals surface area contributed by atoms with Crippen LogP contribution in [-0.2, 0) is 23.2 Å². The second-order valence-electron chi connectivity index (χ2n) is 12.5. The topological polar surface area (TPSA) is 111 Å². The van der Waals surface area contributed by atoms with Gasteiger partial charge in [-0.15, -0.1) is 0 Å². The maximum atomic E-state index is 12.5. The largest absolute Gasteiger partial charge is 0.414 e. The smallest absolute Gasteiger partial charge is 0.264 e. The lowest BCUT2D eigenvalue weighted by Gasteiger charge is -2.46. The van der Waals surface area contributed by atoms with E-state index in [9.17, 15) is 8.42 Å². The summed E-state index contributed by atoms with van der Waals surface area (Å²) < 4.78 is 44.5. The van der Waals surface area contributed by atoms with Gasteiger partial charge in [0.2, 0.25) is 0 Å². The Morgan fingerprint density at radius 2 is 1.36 bits per heavy atom. The molecule has 39 heavy (non-hydrogen) atoms. The van der Waals surface area contributed by atoms with Gasteiger partial charge in [-0.25, -0.2) is 0 Å². The van der Waals surface area contributed by atoms with Crippen LogP contribution in [0.5, 0.6) is 0 Å². The molecule has 2 aromatic rings. The summed E-state index contributed by atoms with van der Waals surface area (Å²) in [5.41, 5.74) is 9.00. The average Bonchev–Trinajstić information content (AvgIpc) is 2.83. The van der Waals surface area contributed by atoms with E-state index in [-0.39, 0.29) is 29.6 Å². The SMILES string of the molecule is CC(C)(C)[Si](C)(C)OC[C@@H](OS(C)(=O)=O)[C@@H](CCN=[N+]=[N-])O[Si](c1ccccc1)(c1ccccc1)C(C)(C)C. The summed E-state index contributed by atoms with van der Waals surface area (Å²) in [6.07, 6.45) is -0.333. The number of nitrogens with zero attached hydrogens (tertiary/aromatic N) is 3. The lowest BCUT2D eigenvalue weighted by molar-refractivity contribution is 0.0154. The Morgan fingerprint density at radius 3 is 1.74 bits per heavy atom. The molecule has 0 heterocycles. The predicted octanol–water partition coefficient (Wildman–Crippen LogP) is 6.00. The number of hydrogen-bond donors (Lipinski definition) is 0. The summed E-state index contributed by atoms with van der Waals surface area (Å²) in [6.45, 7) is 17.3. The molecule has 0 aliphatic heterocycles. The quantitative estimate of drug-likeness (QED) is 0.0933. The van der Waals surface area contributed by atoms with Crippen LogP contribution in [0.1, 0.15) is 48.0 Å². The van der Waals surface area contributed by atoms with Crippen molar-refractivity contribution in [2.24, 2.45) is 5.11 Å². The lowest BCUT2D eigenvalue weighted by atomic mass is 10.1. The van der Waals surface area contributed by atoms with Crippen molar-refractivity contribution >= 4 is 37.1 Å². The van der Waals surface area contributed by atoms with E-state index in [1.807, 2.05) is 36.4 Å². The molecule has 0 fully saturated rings. The van der Waals surface area contributed by atoms with E-state index in [1.54, 1.807) is 0 Å². The zero-order valence-corrected chi connectivity index (χ0v) is 27.7. The van der Waals surface area contributed by atoms with Crippen molar-refractivity contribution in [2.45, 2.75) is 83.3 Å². The first-order valence-corrected chi connectivity index (χ1v) is 19.9. The fraction of sp³-hybridized carbons (Fsp3) is 0.571. The van der Waals surface area contributed by atoms with Crippen molar-refractivity contribution in [1.82, 2.24) is 0 Å². The van der Waals surface area contributed by atoms with Crippen LogP contribution in [0, 0.1) is 0 Å². The van der Waals surface area contributed by atoms with E-state index in [1.165, 1.54) is 0 Å². The Balaban J connectivity index is 2.73. The third-order valence-electron chi connectivity index (χ3n) is 7.45. The zero-order chi connectivity index (χ0) is 29.5. The highest BCUT2D eigenvalue weighted by Gasteiger charge is 2.52. The molecule has 0 aliphatic carbocycles. The highest BCUT2D eigenvalue weighted by molar-refractivity contribution is 7.86. The third-order valence-corrected chi connectivity index (χ3v) is 17.6. The van der Waals surface area contributed by atoms with E-state index in [4.69, 9.17) is 18.6 Å². The van der Waals surface area contributed by atoms with Gasteiger partial charge in [0.1, 0.15) is 6.10 Å². The minimum absolute atomic E-state index is 0.0443. The molecular weight excluding hydrogens is 547 g/mol. The second-order valence-corrected chi connectivity index (χ2v) is 23.1. The minimum Gasteiger partial charge on any atom is -0.414 e. The molecule has 0 bridgehead atoms. The van der Waals surface area contributed by atoms with Gasteiger partial charge in [-0.1, -0.05) is 107 Å². The van der Waals surface area contributed by atoms with Gasteiger partial charge in [0.15, 0.2) is 8.32 Å². The number of hydrogen-bond acceptors (Lipinski definition) is 6. The Labute approximate surface area is 237 Å². The standard InChI is InChI=1S/C28H45N3O5SSi2/c1-27(2,3)38(8,9)34-22-26(35-37(7,32)33)25(20-21-30-31-29)36-39(28(4,5)6,23-16-12-10-13-17-23)24-18-14-11-15-19-24/h10-19,25-26H,20-22H2,1-9H3/t25-,26-/m1/s1. The van der Waals surface area contributed by atoms with E-state index in [0.717, 1.165) is 16.6 Å². The fourth-order valence-corrected chi connectivity index (χ4v) is 10.8. The summed E-state index contributed by atoms with van der Waals surface area (Å²) in [7, 11) is -9.18. The second kappa shape index (κ2) is 13.1. The van der Waals surface area contributed by atoms with Crippen LogP contribution in [0.2, 0.25) is 23.2 Å². The molecule has 216 valence electrons. The van der Waals surface area contributed by atoms with Crippen LogP contribution in [0.25, 0.3) is 10.4 Å². The van der Waals surface area contributed by atoms with Crippen molar-refractivity contribution in [3.8, 4) is 0 Å². The molecule has 0 spiro atoms. The molecule has 0 N–H and O–H groups in total. The maximum Gasteiger partial charge on any atom is 0.264 e. The lowest BCUT2D eigenvalue weighted by Crippen LogP contribution is -2.68. The molecular formula is C28H45N3O5SSi2. The Bertz CT molecular complexity index is 1170. The van der Waals surface area contributed by atoms with E-state index in [0.29, 0.717) is 0 Å². The van der Waals surface area contributed by atoms with Crippen molar-refractivity contribution in [2.75, 3.05) is 19.4 Å². The minimum atomic E-state index is -3.86. The van der Waals surface area contributed by atoms with Crippen LogP contribution in [0.3, 0.4) is 0 Å². The summed E-state index contributed by atoms with van der Waals surface area (Å²) in [5.74, 6) is 0. The van der Waals surface area contributed by atoms with Gasteiger partial charge < -0.3 is 8.85 Å². The molecule has 2 aromatic carbocycles. The average molecular weight is 592 g/mol. The Hall–Kier alpha value is -1.99. The summed E-state index contributed by atoms with van der Waals surface area (Å²) >= 11 is 0. The van der Waals surface area contributed by atoms with Gasteiger partial charge in [-0.05, 0) is 45.5 Å². The van der Waals surface area contributed by atoms with Crippen LogP contribution in [0.4, 0.5) is 0 Å². The first-order chi connectivity index (χ1) is 17.9. The van der Waals surface area contributed by atoms with Crippen LogP contribution >= 0.6 is 0 Å². The monoisotopic (exact) mass is 591 g/mol. The molecule has 0 radical (unpaired) electrons. The molecule has 0 saturated heterocycles. The summed E-state index contributed by atoms with van der Waals surface area (Å²) in [5, 5.41) is 5.44. The normalized spacial score (nSPS) is 14.9. The summed E-state index contributed by atoms with van der Waals surface area (Å²) in [6, 6.07) is 20.2. The van der Waals surface area contributed by atoms with Crippen molar-refractivity contribution < 1.29 is 21.5 Å². The van der Waals surface area contributed by atoms with Gasteiger partial charge in [0.25, 0.3) is 18.4 Å². The highest BCUT2D eigenvalue weighted by atomic mass is 32.2. The van der Waals surface area contributed by atoms with E-state index in [2.05, 4.69) is 88.9 Å². The maximum absolute atomic E-state index is 12.5. The van der Waals surface area contributed by atoms with Crippen LogP contribution in [-0.4, -0.2) is 56.7 Å². The molecule has 8 nitrogen and oxygen atoms in total. The number of azide groups is 1. The Kier molecular flexibility index (Phi) is 11.2. The van der Waals surface area contributed by atoms with Gasteiger partial charge >= 0.3 is 0 Å². The highest BCUT2D eigenvalue weighted by Crippen LogP contribution is 2.40. The van der Waals surface area contributed by atoms with Gasteiger partial charge in [-0.2, -0.15) is 8.42 Å². The van der Waals surface area contributed by atoms with Crippen molar-refractivity contribution in [3.63, 3.8) is 0 Å². The molecule has 0 aromatic heterocycles. The fourth-order valence-electron chi connectivity index (χ4n) is 4.40. The van der Waals surface area contributed by atoms with Crippen molar-refractivity contribution in [1.29, 1.82) is 0 Å². The number of benzene rings is 2. The molecule has 0 saturated carbocycles. The first kappa shape index (κ1) is 33.2. The molecule has 0 unspecified atom stereocenters. The van der Waals surface area contributed by atoms with E-state index < -0.39 is 39.0 Å². The van der Waals surface area contributed by atoms with Gasteiger partial charge in [0.05, 0.1) is 19.0 Å². The van der Waals surface area contributed by atoms with Crippen molar-refractivity contribution in [3.05, 3.63) is 71.1 Å². The molecule has 0 aliphatic rings. The number of rotatable bonds is 13. The van der Waals surface area contributed by atoms with Gasteiger partial charge in [-0.3, -0.25) is 4.18 Å². The molecule has 2 rings (SSSR count).